The second-order valence-corrected chi connectivity index (χ2v) is 5.60. The van der Waals surface area contributed by atoms with Crippen LogP contribution in [0.5, 0.6) is 0 Å². The van der Waals surface area contributed by atoms with E-state index in [1.165, 1.54) is 4.90 Å². The Morgan fingerprint density at radius 3 is 2.73 bits per heavy atom. The van der Waals surface area contributed by atoms with Gasteiger partial charge >= 0.3 is 0 Å². The lowest BCUT2D eigenvalue weighted by Gasteiger charge is -1.99. The summed E-state index contributed by atoms with van der Waals surface area (Å²) in [5.41, 5.74) is 5.02. The van der Waals surface area contributed by atoms with Gasteiger partial charge in [-0.25, -0.2) is 5.43 Å². The molecular weight excluding hydrogens is 294 g/mol. The van der Waals surface area contributed by atoms with E-state index in [-0.39, 0.29) is 5.91 Å². The number of nitrogens with one attached hydrogen (secondary N) is 2. The third kappa shape index (κ3) is 3.04. The van der Waals surface area contributed by atoms with E-state index in [1.54, 1.807) is 24.2 Å². The molecule has 0 spiro atoms. The average Bonchev–Trinajstić information content (AvgIpc) is 2.99. The third-order valence-corrected chi connectivity index (χ3v) is 4.07. The molecule has 0 bridgehead atoms. The highest BCUT2D eigenvalue weighted by Gasteiger charge is 2.10. The Labute approximate surface area is 132 Å². The summed E-state index contributed by atoms with van der Waals surface area (Å²) >= 11 is 1.69. The van der Waals surface area contributed by atoms with Gasteiger partial charge in [-0.2, -0.15) is 5.10 Å². The van der Waals surface area contributed by atoms with Gasteiger partial charge in [-0.1, -0.05) is 30.3 Å². The fourth-order valence-electron chi connectivity index (χ4n) is 2.18. The number of rotatable bonds is 4. The van der Waals surface area contributed by atoms with Gasteiger partial charge in [0.15, 0.2) is 0 Å². The average molecular weight is 309 g/mol. The van der Waals surface area contributed by atoms with Crippen molar-refractivity contribution in [2.24, 2.45) is 5.10 Å². The van der Waals surface area contributed by atoms with E-state index >= 15 is 0 Å². The number of fused-ring (bicyclic) bond motifs is 1. The summed E-state index contributed by atoms with van der Waals surface area (Å²) in [6, 6.07) is 15.6. The highest BCUT2D eigenvalue weighted by molar-refractivity contribution is 7.98. The molecule has 0 aliphatic rings. The van der Waals surface area contributed by atoms with Crippen LogP contribution in [0.15, 0.2) is 64.7 Å². The maximum absolute atomic E-state index is 12.2. The number of carbonyl (C=O) groups is 1. The van der Waals surface area contributed by atoms with Gasteiger partial charge in [-0.15, -0.1) is 11.8 Å². The zero-order valence-electron chi connectivity index (χ0n) is 12.0. The summed E-state index contributed by atoms with van der Waals surface area (Å²) in [5.74, 6) is -0.227. The molecule has 1 aromatic heterocycles. The van der Waals surface area contributed by atoms with Gasteiger partial charge < -0.3 is 4.98 Å². The number of hydrazone groups is 1. The van der Waals surface area contributed by atoms with Crippen molar-refractivity contribution in [2.75, 3.05) is 6.26 Å². The molecule has 110 valence electrons. The van der Waals surface area contributed by atoms with Gasteiger partial charge in [0.25, 0.3) is 5.91 Å². The standard InChI is InChI=1S/C17H15N3OS/c1-22-13-8-6-12(7-9-13)10-19-20-17(21)15-11-18-16-5-3-2-4-14(15)16/h2-11,18H,1H3,(H,20,21)/b19-10-. The van der Waals surface area contributed by atoms with E-state index in [0.29, 0.717) is 5.56 Å². The van der Waals surface area contributed by atoms with Crippen LogP contribution in [-0.4, -0.2) is 23.4 Å². The molecule has 0 atom stereocenters. The zero-order valence-corrected chi connectivity index (χ0v) is 12.9. The maximum Gasteiger partial charge on any atom is 0.273 e. The Hall–Kier alpha value is -2.53. The lowest BCUT2D eigenvalue weighted by atomic mass is 10.2. The van der Waals surface area contributed by atoms with E-state index in [2.05, 4.69) is 15.5 Å². The molecule has 3 rings (SSSR count). The Morgan fingerprint density at radius 2 is 1.95 bits per heavy atom. The Balaban J connectivity index is 1.70. The van der Waals surface area contributed by atoms with Crippen LogP contribution in [-0.2, 0) is 0 Å². The van der Waals surface area contributed by atoms with E-state index in [4.69, 9.17) is 0 Å². The van der Waals surface area contributed by atoms with Crippen LogP contribution in [0, 0.1) is 0 Å². The fourth-order valence-corrected chi connectivity index (χ4v) is 2.58. The number of aromatic nitrogens is 1. The molecule has 3 aromatic rings. The molecule has 0 saturated carbocycles. The number of hydrogen-bond donors (Lipinski definition) is 2. The third-order valence-electron chi connectivity index (χ3n) is 3.33. The van der Waals surface area contributed by atoms with Crippen LogP contribution in [0.4, 0.5) is 0 Å². The Kier molecular flexibility index (Phi) is 4.25. The predicted molar refractivity (Wildman–Crippen MR) is 91.6 cm³/mol. The number of thioether (sulfide) groups is 1. The van der Waals surface area contributed by atoms with Gasteiger partial charge in [0.05, 0.1) is 11.8 Å². The molecule has 2 N–H and O–H groups in total. The number of carbonyl (C=O) groups excluding carboxylic acids is 1. The number of para-hydroxylation sites is 1. The summed E-state index contributed by atoms with van der Waals surface area (Å²) in [4.78, 5) is 16.4. The number of amides is 1. The minimum Gasteiger partial charge on any atom is -0.360 e. The number of nitrogens with zero attached hydrogens (tertiary/aromatic N) is 1. The van der Waals surface area contributed by atoms with E-state index < -0.39 is 0 Å². The summed E-state index contributed by atoms with van der Waals surface area (Å²) < 4.78 is 0. The molecule has 5 heteroatoms. The molecule has 0 unspecified atom stereocenters. The highest BCUT2D eigenvalue weighted by Crippen LogP contribution is 2.17. The number of hydrogen-bond acceptors (Lipinski definition) is 3. The first-order chi connectivity index (χ1) is 10.8. The highest BCUT2D eigenvalue weighted by atomic mass is 32.2. The van der Waals surface area contributed by atoms with Crippen molar-refractivity contribution < 1.29 is 4.79 Å². The number of aromatic amines is 1. The van der Waals surface area contributed by atoms with Crippen molar-refractivity contribution in [1.82, 2.24) is 10.4 Å². The van der Waals surface area contributed by atoms with Crippen LogP contribution in [0.25, 0.3) is 10.9 Å². The molecule has 1 heterocycles. The summed E-state index contributed by atoms with van der Waals surface area (Å²) in [7, 11) is 0. The fraction of sp³-hybridized carbons (Fsp3) is 0.0588. The molecule has 0 aliphatic heterocycles. The van der Waals surface area contributed by atoms with E-state index in [1.807, 2.05) is 54.8 Å². The molecule has 22 heavy (non-hydrogen) atoms. The van der Waals surface area contributed by atoms with Crippen LogP contribution in [0.2, 0.25) is 0 Å². The summed E-state index contributed by atoms with van der Waals surface area (Å²) in [5, 5.41) is 4.90. The molecule has 4 nitrogen and oxygen atoms in total. The second-order valence-electron chi connectivity index (χ2n) is 4.72. The minimum atomic E-state index is -0.227. The minimum absolute atomic E-state index is 0.227. The molecule has 2 aromatic carbocycles. The first-order valence-electron chi connectivity index (χ1n) is 6.81. The van der Waals surface area contributed by atoms with Crippen molar-refractivity contribution >= 4 is 34.8 Å². The molecule has 0 saturated heterocycles. The first-order valence-corrected chi connectivity index (χ1v) is 8.04. The second kappa shape index (κ2) is 6.49. The zero-order chi connectivity index (χ0) is 15.4. The lowest BCUT2D eigenvalue weighted by molar-refractivity contribution is 0.0957. The van der Waals surface area contributed by atoms with Gasteiger partial charge in [0.1, 0.15) is 0 Å². The van der Waals surface area contributed by atoms with Gasteiger partial charge in [-0.3, -0.25) is 4.79 Å². The van der Waals surface area contributed by atoms with Crippen LogP contribution in [0.1, 0.15) is 15.9 Å². The van der Waals surface area contributed by atoms with E-state index in [9.17, 15) is 4.79 Å². The Morgan fingerprint density at radius 1 is 1.18 bits per heavy atom. The number of benzene rings is 2. The van der Waals surface area contributed by atoms with Crippen LogP contribution in [0.3, 0.4) is 0 Å². The molecule has 0 fully saturated rings. The summed E-state index contributed by atoms with van der Waals surface area (Å²) in [6.07, 6.45) is 5.37. The summed E-state index contributed by atoms with van der Waals surface area (Å²) in [6.45, 7) is 0. The van der Waals surface area contributed by atoms with E-state index in [0.717, 1.165) is 16.5 Å². The molecule has 0 radical (unpaired) electrons. The Bertz CT molecular complexity index is 821. The van der Waals surface area contributed by atoms with Crippen LogP contribution >= 0.6 is 11.8 Å². The van der Waals surface area contributed by atoms with Crippen molar-refractivity contribution in [3.8, 4) is 0 Å². The van der Waals surface area contributed by atoms with Crippen molar-refractivity contribution in [3.05, 3.63) is 65.9 Å². The number of H-pyrrole nitrogens is 1. The molecule has 1 amide bonds. The van der Waals surface area contributed by atoms with Crippen molar-refractivity contribution in [2.45, 2.75) is 4.90 Å². The van der Waals surface area contributed by atoms with Crippen molar-refractivity contribution in [3.63, 3.8) is 0 Å². The van der Waals surface area contributed by atoms with Crippen LogP contribution < -0.4 is 5.43 Å². The molecule has 0 aliphatic carbocycles. The smallest absolute Gasteiger partial charge is 0.273 e. The lowest BCUT2D eigenvalue weighted by Crippen LogP contribution is -2.17. The monoisotopic (exact) mass is 309 g/mol. The maximum atomic E-state index is 12.2. The largest absolute Gasteiger partial charge is 0.360 e. The molecular formula is C17H15N3OS. The predicted octanol–water partition coefficient (Wildman–Crippen LogP) is 3.65. The quantitative estimate of drug-likeness (QED) is 0.439. The first kappa shape index (κ1) is 14.4. The van der Waals surface area contributed by atoms with Gasteiger partial charge in [0.2, 0.25) is 0 Å². The van der Waals surface area contributed by atoms with Gasteiger partial charge in [-0.05, 0) is 30.0 Å². The topological polar surface area (TPSA) is 57.2 Å². The van der Waals surface area contributed by atoms with Crippen molar-refractivity contribution in [1.29, 1.82) is 0 Å². The normalized spacial score (nSPS) is 11.1. The van der Waals surface area contributed by atoms with Gasteiger partial charge in [0, 0.05) is 22.0 Å². The SMILES string of the molecule is CSc1ccc(/C=N\NC(=O)c2c[nH]c3ccccc23)cc1.